The van der Waals surface area contributed by atoms with Crippen molar-refractivity contribution in [3.63, 3.8) is 0 Å². The normalized spacial score (nSPS) is 23.2. The van der Waals surface area contributed by atoms with Crippen LogP contribution in [0.3, 0.4) is 0 Å². The highest BCUT2D eigenvalue weighted by molar-refractivity contribution is 5.46. The predicted molar refractivity (Wildman–Crippen MR) is 71.3 cm³/mol. The Kier molecular flexibility index (Phi) is 3.32. The van der Waals surface area contributed by atoms with Crippen molar-refractivity contribution in [2.24, 2.45) is 0 Å². The zero-order valence-corrected chi connectivity index (χ0v) is 10.4. The molecule has 2 heterocycles. The smallest absolute Gasteiger partial charge is 0.0366 e. The summed E-state index contributed by atoms with van der Waals surface area (Å²) in [7, 11) is 0. The van der Waals surface area contributed by atoms with E-state index >= 15 is 0 Å². The van der Waals surface area contributed by atoms with Crippen LogP contribution in [0.2, 0.25) is 0 Å². The molecule has 0 aliphatic carbocycles. The van der Waals surface area contributed by atoms with Crippen LogP contribution >= 0.6 is 0 Å². The van der Waals surface area contributed by atoms with Gasteiger partial charge in [-0.15, -0.1) is 0 Å². The van der Waals surface area contributed by atoms with Crippen molar-refractivity contribution in [2.75, 3.05) is 31.1 Å². The second-order valence-electron chi connectivity index (χ2n) is 5.22. The molecule has 0 bridgehead atoms. The molecule has 1 aromatic carbocycles. The Bertz CT molecular complexity index is 335. The lowest BCUT2D eigenvalue weighted by molar-refractivity contribution is 0.208. The van der Waals surface area contributed by atoms with Gasteiger partial charge in [0.05, 0.1) is 0 Å². The van der Waals surface area contributed by atoms with Crippen molar-refractivity contribution in [2.45, 2.75) is 31.7 Å². The molecule has 17 heavy (non-hydrogen) atoms. The Morgan fingerprint density at radius 3 is 2.24 bits per heavy atom. The summed E-state index contributed by atoms with van der Waals surface area (Å²) in [5, 5.41) is 0. The molecule has 2 saturated heterocycles. The number of piperidine rings is 1. The van der Waals surface area contributed by atoms with Gasteiger partial charge in [-0.05, 0) is 57.0 Å². The van der Waals surface area contributed by atoms with Gasteiger partial charge >= 0.3 is 0 Å². The highest BCUT2D eigenvalue weighted by Crippen LogP contribution is 2.24. The van der Waals surface area contributed by atoms with Gasteiger partial charge in [0.2, 0.25) is 0 Å². The topological polar surface area (TPSA) is 6.48 Å². The Balaban J connectivity index is 1.57. The Morgan fingerprint density at radius 2 is 1.59 bits per heavy atom. The molecule has 0 atom stereocenters. The van der Waals surface area contributed by atoms with Crippen molar-refractivity contribution >= 4 is 5.69 Å². The van der Waals surface area contributed by atoms with Crippen LogP contribution in [0.5, 0.6) is 0 Å². The molecule has 2 heteroatoms. The average molecular weight is 229 g/mol. The van der Waals surface area contributed by atoms with E-state index in [-0.39, 0.29) is 0 Å². The van der Waals surface area contributed by atoms with Crippen LogP contribution < -0.4 is 4.90 Å². The fourth-order valence-corrected chi connectivity index (χ4v) is 3.18. The zero-order chi connectivity index (χ0) is 11.5. The lowest BCUT2D eigenvalue weighted by Crippen LogP contribution is -2.43. The molecule has 0 saturated carbocycles. The first-order valence-electron chi connectivity index (χ1n) is 6.88. The van der Waals surface area contributed by atoms with Gasteiger partial charge in [-0.3, -0.25) is 0 Å². The lowest BCUT2D eigenvalue weighted by atomic mass is 10.0. The number of likely N-dealkylation sites (tertiary alicyclic amines) is 1. The Hall–Kier alpha value is -1.02. The summed E-state index contributed by atoms with van der Waals surface area (Å²) in [5.74, 6) is 0. The van der Waals surface area contributed by atoms with Crippen molar-refractivity contribution in [3.05, 3.63) is 30.3 Å². The minimum atomic E-state index is 0.851. The predicted octanol–water partition coefficient (Wildman–Crippen LogP) is 2.55. The molecule has 0 unspecified atom stereocenters. The Labute approximate surface area is 104 Å². The van der Waals surface area contributed by atoms with Gasteiger partial charge in [0.15, 0.2) is 0 Å². The van der Waals surface area contributed by atoms with Gasteiger partial charge in [0, 0.05) is 24.8 Å². The molecule has 1 radical (unpaired) electrons. The summed E-state index contributed by atoms with van der Waals surface area (Å²) >= 11 is 0. The number of benzene rings is 1. The van der Waals surface area contributed by atoms with E-state index in [0.717, 1.165) is 6.04 Å². The van der Waals surface area contributed by atoms with Gasteiger partial charge in [-0.1, -0.05) is 12.1 Å². The first-order chi connectivity index (χ1) is 8.43. The molecule has 3 rings (SSSR count). The number of hydrogen-bond donors (Lipinski definition) is 0. The van der Waals surface area contributed by atoms with E-state index in [4.69, 9.17) is 0 Å². The van der Waals surface area contributed by atoms with E-state index in [0.29, 0.717) is 0 Å². The van der Waals surface area contributed by atoms with Crippen LogP contribution in [-0.4, -0.2) is 37.1 Å². The maximum Gasteiger partial charge on any atom is 0.0366 e. The summed E-state index contributed by atoms with van der Waals surface area (Å²) in [6.45, 7) is 5.10. The first-order valence-corrected chi connectivity index (χ1v) is 6.88. The van der Waals surface area contributed by atoms with Crippen LogP contribution in [0.25, 0.3) is 0 Å². The van der Waals surface area contributed by atoms with E-state index in [9.17, 15) is 0 Å². The number of nitrogens with zero attached hydrogens (tertiary/aromatic N) is 2. The molecule has 0 aromatic heterocycles. The van der Waals surface area contributed by atoms with Crippen LogP contribution in [-0.2, 0) is 0 Å². The molecule has 0 N–H and O–H groups in total. The van der Waals surface area contributed by atoms with Crippen molar-refractivity contribution < 1.29 is 0 Å². The second kappa shape index (κ2) is 5.09. The van der Waals surface area contributed by atoms with Gasteiger partial charge in [0.25, 0.3) is 0 Å². The summed E-state index contributed by atoms with van der Waals surface area (Å²) in [6.07, 6.45) is 5.49. The van der Waals surface area contributed by atoms with Gasteiger partial charge < -0.3 is 9.80 Å². The average Bonchev–Trinajstić information content (AvgIpc) is 2.94. The maximum absolute atomic E-state index is 3.09. The lowest BCUT2D eigenvalue weighted by Gasteiger charge is -2.37. The molecule has 2 fully saturated rings. The SMILES string of the molecule is [c]1ccc(N2CCC(N3CCCC3)CC2)cc1. The summed E-state index contributed by atoms with van der Waals surface area (Å²) in [6, 6.07) is 12.3. The second-order valence-corrected chi connectivity index (χ2v) is 5.22. The van der Waals surface area contributed by atoms with Crippen molar-refractivity contribution in [1.29, 1.82) is 0 Å². The summed E-state index contributed by atoms with van der Waals surface area (Å²) in [5.41, 5.74) is 1.36. The number of anilines is 1. The van der Waals surface area contributed by atoms with Crippen LogP contribution in [0.4, 0.5) is 5.69 Å². The van der Waals surface area contributed by atoms with E-state index in [1.165, 1.54) is 57.5 Å². The zero-order valence-electron chi connectivity index (χ0n) is 10.4. The third-order valence-corrected chi connectivity index (χ3v) is 4.19. The molecule has 0 amide bonds. The monoisotopic (exact) mass is 229 g/mol. The molecule has 91 valence electrons. The van der Waals surface area contributed by atoms with E-state index < -0.39 is 0 Å². The molecule has 0 spiro atoms. The third-order valence-electron chi connectivity index (χ3n) is 4.19. The molecule has 2 nitrogen and oxygen atoms in total. The maximum atomic E-state index is 3.09. The molecular weight excluding hydrogens is 208 g/mol. The number of hydrogen-bond acceptors (Lipinski definition) is 2. The summed E-state index contributed by atoms with van der Waals surface area (Å²) < 4.78 is 0. The highest BCUT2D eigenvalue weighted by atomic mass is 15.2. The molecule has 2 aliphatic heterocycles. The fourth-order valence-electron chi connectivity index (χ4n) is 3.18. The minimum Gasteiger partial charge on any atom is -0.371 e. The highest BCUT2D eigenvalue weighted by Gasteiger charge is 2.26. The van der Waals surface area contributed by atoms with Crippen LogP contribution in [0.15, 0.2) is 24.3 Å². The standard InChI is InChI=1S/C15H21N2/c1-2-6-14(7-3-1)17-12-8-15(9-13-17)16-10-4-5-11-16/h2-3,6-7,15H,4-5,8-13H2. The first kappa shape index (κ1) is 11.1. The van der Waals surface area contributed by atoms with Gasteiger partial charge in [-0.25, -0.2) is 0 Å². The third kappa shape index (κ3) is 2.47. The molecular formula is C15H21N2. The molecule has 1 aromatic rings. The van der Waals surface area contributed by atoms with E-state index in [1.807, 2.05) is 12.1 Å². The van der Waals surface area contributed by atoms with E-state index in [1.54, 1.807) is 0 Å². The van der Waals surface area contributed by atoms with Crippen molar-refractivity contribution in [1.82, 2.24) is 4.90 Å². The van der Waals surface area contributed by atoms with Crippen LogP contribution in [0.1, 0.15) is 25.7 Å². The fraction of sp³-hybridized carbons (Fsp3) is 0.600. The minimum absolute atomic E-state index is 0.851. The van der Waals surface area contributed by atoms with Crippen molar-refractivity contribution in [3.8, 4) is 0 Å². The summed E-state index contributed by atoms with van der Waals surface area (Å²) in [4.78, 5) is 5.22. The number of rotatable bonds is 2. The Morgan fingerprint density at radius 1 is 0.941 bits per heavy atom. The van der Waals surface area contributed by atoms with E-state index in [2.05, 4.69) is 28.0 Å². The van der Waals surface area contributed by atoms with Gasteiger partial charge in [-0.2, -0.15) is 0 Å². The molecule has 2 aliphatic rings. The van der Waals surface area contributed by atoms with Gasteiger partial charge in [0.1, 0.15) is 0 Å². The quantitative estimate of drug-likeness (QED) is 0.769. The largest absolute Gasteiger partial charge is 0.371 e. The van der Waals surface area contributed by atoms with Crippen LogP contribution in [0, 0.1) is 6.07 Å².